The van der Waals surface area contributed by atoms with E-state index in [1.165, 1.54) is 16.9 Å². The molecule has 0 bridgehead atoms. The molecule has 0 aromatic carbocycles. The summed E-state index contributed by atoms with van der Waals surface area (Å²) in [7, 11) is 0. The zero-order valence-corrected chi connectivity index (χ0v) is 14.6. The molecule has 1 aliphatic heterocycles. The largest absolute Gasteiger partial charge is 0.337 e. The van der Waals surface area contributed by atoms with Gasteiger partial charge in [-0.15, -0.1) is 0 Å². The van der Waals surface area contributed by atoms with Crippen molar-refractivity contribution in [3.05, 3.63) is 58.2 Å². The molecule has 26 heavy (non-hydrogen) atoms. The summed E-state index contributed by atoms with van der Waals surface area (Å²) in [5, 5.41) is 3.16. The van der Waals surface area contributed by atoms with Crippen molar-refractivity contribution in [1.82, 2.24) is 29.5 Å². The molecule has 1 atom stereocenters. The van der Waals surface area contributed by atoms with Crippen molar-refractivity contribution in [2.45, 2.75) is 32.1 Å². The Kier molecular flexibility index (Phi) is 4.24. The molecule has 8 nitrogen and oxygen atoms in total. The average molecular weight is 352 g/mol. The first-order chi connectivity index (χ1) is 12.7. The second kappa shape index (κ2) is 6.70. The van der Waals surface area contributed by atoms with Crippen LogP contribution in [-0.2, 0) is 6.42 Å². The Labute approximate surface area is 149 Å². The van der Waals surface area contributed by atoms with E-state index in [1.807, 2.05) is 13.0 Å². The van der Waals surface area contributed by atoms with Crippen LogP contribution in [0.25, 0.3) is 5.65 Å². The molecule has 0 radical (unpaired) electrons. The quantitative estimate of drug-likeness (QED) is 0.768. The van der Waals surface area contributed by atoms with Gasteiger partial charge in [0.1, 0.15) is 5.69 Å². The Morgan fingerprint density at radius 3 is 3.00 bits per heavy atom. The molecule has 8 heteroatoms. The molecule has 134 valence electrons. The van der Waals surface area contributed by atoms with E-state index in [2.05, 4.69) is 20.1 Å². The summed E-state index contributed by atoms with van der Waals surface area (Å²) in [5.41, 5.74) is 2.58. The van der Waals surface area contributed by atoms with Crippen LogP contribution in [0.2, 0.25) is 0 Å². The molecule has 1 N–H and O–H groups in total. The number of carbonyl (C=O) groups is 1. The van der Waals surface area contributed by atoms with Crippen molar-refractivity contribution in [2.24, 2.45) is 0 Å². The number of amides is 1. The third-order valence-electron chi connectivity index (χ3n) is 4.82. The molecular weight excluding hydrogens is 332 g/mol. The molecule has 4 heterocycles. The van der Waals surface area contributed by atoms with E-state index >= 15 is 0 Å². The van der Waals surface area contributed by atoms with Crippen molar-refractivity contribution in [3.63, 3.8) is 0 Å². The number of aryl methyl sites for hydroxylation is 1. The van der Waals surface area contributed by atoms with Crippen LogP contribution in [0.3, 0.4) is 0 Å². The Bertz CT molecular complexity index is 994. The van der Waals surface area contributed by atoms with E-state index in [9.17, 15) is 9.59 Å². The second-order valence-corrected chi connectivity index (χ2v) is 6.53. The monoisotopic (exact) mass is 352 g/mol. The molecule has 3 aromatic rings. The highest BCUT2D eigenvalue weighted by Crippen LogP contribution is 2.27. The number of aromatic amines is 1. The van der Waals surface area contributed by atoms with Gasteiger partial charge in [-0.25, -0.2) is 14.5 Å². The van der Waals surface area contributed by atoms with E-state index in [1.54, 1.807) is 17.2 Å². The maximum absolute atomic E-state index is 12.6. The van der Waals surface area contributed by atoms with E-state index in [-0.39, 0.29) is 17.4 Å². The molecule has 1 aliphatic rings. The molecule has 0 spiro atoms. The highest BCUT2D eigenvalue weighted by Gasteiger charge is 2.27. The molecule has 1 unspecified atom stereocenters. The van der Waals surface area contributed by atoms with Gasteiger partial charge >= 0.3 is 0 Å². The summed E-state index contributed by atoms with van der Waals surface area (Å²) in [6, 6.07) is 3.47. The Morgan fingerprint density at radius 1 is 1.35 bits per heavy atom. The molecule has 0 saturated carbocycles. The lowest BCUT2D eigenvalue weighted by molar-refractivity contribution is 0.0699. The van der Waals surface area contributed by atoms with Crippen LogP contribution in [-0.4, -0.2) is 48.5 Å². The summed E-state index contributed by atoms with van der Waals surface area (Å²) in [4.78, 5) is 39.2. The third-order valence-corrected chi connectivity index (χ3v) is 4.82. The minimum atomic E-state index is -0.110. The lowest BCUT2D eigenvalue weighted by Crippen LogP contribution is -2.39. The molecular formula is C18H20N6O2. The van der Waals surface area contributed by atoms with E-state index in [0.29, 0.717) is 24.4 Å². The van der Waals surface area contributed by atoms with Crippen molar-refractivity contribution in [3.8, 4) is 0 Å². The van der Waals surface area contributed by atoms with Gasteiger partial charge in [0, 0.05) is 54.9 Å². The fourth-order valence-corrected chi connectivity index (χ4v) is 3.44. The first-order valence-electron chi connectivity index (χ1n) is 8.82. The SMILES string of the molecule is CCc1cc(=O)n2[nH]c(C3CCCN(C(=O)c4cnccn4)C3)cc2n1. The molecule has 4 rings (SSSR count). The van der Waals surface area contributed by atoms with Gasteiger partial charge in [-0.05, 0) is 19.3 Å². The number of hydrogen-bond donors (Lipinski definition) is 1. The zero-order valence-electron chi connectivity index (χ0n) is 14.6. The van der Waals surface area contributed by atoms with Crippen molar-refractivity contribution in [1.29, 1.82) is 0 Å². The topological polar surface area (TPSA) is 96.2 Å². The van der Waals surface area contributed by atoms with Gasteiger partial charge in [-0.1, -0.05) is 6.92 Å². The molecule has 1 amide bonds. The minimum absolute atomic E-state index is 0.109. The lowest BCUT2D eigenvalue weighted by atomic mass is 9.94. The smallest absolute Gasteiger partial charge is 0.274 e. The van der Waals surface area contributed by atoms with Crippen molar-refractivity contribution >= 4 is 11.6 Å². The van der Waals surface area contributed by atoms with Crippen LogP contribution in [0.15, 0.2) is 35.5 Å². The number of fused-ring (bicyclic) bond motifs is 1. The van der Waals surface area contributed by atoms with E-state index in [0.717, 1.165) is 30.7 Å². The van der Waals surface area contributed by atoms with Crippen molar-refractivity contribution < 1.29 is 4.79 Å². The van der Waals surface area contributed by atoms with Gasteiger partial charge in [-0.3, -0.25) is 19.7 Å². The number of H-pyrrole nitrogens is 1. The normalized spacial score (nSPS) is 17.6. The number of likely N-dealkylation sites (tertiary alicyclic amines) is 1. The predicted molar refractivity (Wildman–Crippen MR) is 95.1 cm³/mol. The van der Waals surface area contributed by atoms with E-state index in [4.69, 9.17) is 0 Å². The average Bonchev–Trinajstić information content (AvgIpc) is 3.13. The first-order valence-corrected chi connectivity index (χ1v) is 8.82. The van der Waals surface area contributed by atoms with Crippen LogP contribution in [0, 0.1) is 0 Å². The third kappa shape index (κ3) is 2.98. The maximum atomic E-state index is 12.6. The van der Waals surface area contributed by atoms with Crippen LogP contribution >= 0.6 is 0 Å². The fraction of sp³-hybridized carbons (Fsp3) is 0.389. The van der Waals surface area contributed by atoms with E-state index < -0.39 is 0 Å². The number of hydrogen-bond acceptors (Lipinski definition) is 5. The van der Waals surface area contributed by atoms with Gasteiger partial charge in [0.05, 0.1) is 6.20 Å². The standard InChI is InChI=1S/C18H20N6O2/c1-2-13-8-17(25)24-16(21-13)9-14(22-24)12-4-3-7-23(11-12)18(26)15-10-19-5-6-20-15/h5-6,8-10,12,22H,2-4,7,11H2,1H3. The Balaban J connectivity index is 1.60. The van der Waals surface area contributed by atoms with Crippen LogP contribution in [0.4, 0.5) is 0 Å². The maximum Gasteiger partial charge on any atom is 0.274 e. The van der Waals surface area contributed by atoms with Gasteiger partial charge in [-0.2, -0.15) is 0 Å². The first kappa shape index (κ1) is 16.4. The highest BCUT2D eigenvalue weighted by molar-refractivity contribution is 5.92. The van der Waals surface area contributed by atoms with Gasteiger partial charge < -0.3 is 4.90 Å². The summed E-state index contributed by atoms with van der Waals surface area (Å²) in [5.74, 6) is 0.0259. The molecule has 1 saturated heterocycles. The van der Waals surface area contributed by atoms with Gasteiger partial charge in [0.15, 0.2) is 5.65 Å². The second-order valence-electron chi connectivity index (χ2n) is 6.53. The predicted octanol–water partition coefficient (Wildman–Crippen LogP) is 1.39. The number of carbonyl (C=O) groups excluding carboxylic acids is 1. The summed E-state index contributed by atoms with van der Waals surface area (Å²) >= 11 is 0. The van der Waals surface area contributed by atoms with Crippen LogP contribution in [0.1, 0.15) is 47.6 Å². The van der Waals surface area contributed by atoms with Gasteiger partial charge in [0.25, 0.3) is 11.5 Å². The zero-order chi connectivity index (χ0) is 18.1. The Morgan fingerprint density at radius 2 is 2.23 bits per heavy atom. The van der Waals surface area contributed by atoms with Crippen molar-refractivity contribution in [2.75, 3.05) is 13.1 Å². The molecule has 1 fully saturated rings. The number of nitrogens with zero attached hydrogens (tertiary/aromatic N) is 5. The van der Waals surface area contributed by atoms with Crippen LogP contribution in [0.5, 0.6) is 0 Å². The number of piperidine rings is 1. The minimum Gasteiger partial charge on any atom is -0.337 e. The lowest BCUT2D eigenvalue weighted by Gasteiger charge is -2.31. The van der Waals surface area contributed by atoms with Gasteiger partial charge in [0.2, 0.25) is 0 Å². The summed E-state index contributed by atoms with van der Waals surface area (Å²) in [6.07, 6.45) is 7.13. The summed E-state index contributed by atoms with van der Waals surface area (Å²) in [6.45, 7) is 3.25. The number of nitrogens with one attached hydrogen (secondary N) is 1. The summed E-state index contributed by atoms with van der Waals surface area (Å²) < 4.78 is 1.47. The number of aromatic nitrogens is 5. The Hall–Kier alpha value is -3.03. The fourth-order valence-electron chi connectivity index (χ4n) is 3.44. The highest BCUT2D eigenvalue weighted by atomic mass is 16.2. The molecule has 3 aromatic heterocycles. The van der Waals surface area contributed by atoms with Crippen LogP contribution < -0.4 is 5.56 Å². The molecule has 0 aliphatic carbocycles. The number of rotatable bonds is 3.